The second kappa shape index (κ2) is 9.83. The lowest BCUT2D eigenvalue weighted by Crippen LogP contribution is -2.26. The van der Waals surface area contributed by atoms with Crippen LogP contribution in [0.15, 0.2) is 12.7 Å². The van der Waals surface area contributed by atoms with Crippen LogP contribution in [-0.2, 0) is 19.1 Å². The number of hydrogen-bond acceptors (Lipinski definition) is 4. The highest BCUT2D eigenvalue weighted by Crippen LogP contribution is 2.12. The van der Waals surface area contributed by atoms with E-state index in [2.05, 4.69) is 6.58 Å². The van der Waals surface area contributed by atoms with Gasteiger partial charge in [-0.25, -0.2) is 4.79 Å². The molecule has 0 fully saturated rings. The molecule has 0 amide bonds. The van der Waals surface area contributed by atoms with Gasteiger partial charge in [0, 0.05) is 7.11 Å². The Balaban J connectivity index is 4.00. The zero-order valence-corrected chi connectivity index (χ0v) is 11.6. The Kier molecular flexibility index (Phi) is 9.19. The van der Waals surface area contributed by atoms with Crippen LogP contribution in [0.25, 0.3) is 0 Å². The minimum atomic E-state index is -0.585. The van der Waals surface area contributed by atoms with Crippen molar-refractivity contribution in [2.24, 2.45) is 5.92 Å². The average Bonchev–Trinajstić information content (AvgIpc) is 2.36. The van der Waals surface area contributed by atoms with Gasteiger partial charge in [0.2, 0.25) is 0 Å². The number of unbranched alkanes of at least 4 members (excludes halogenated alkanes) is 2. The van der Waals surface area contributed by atoms with Crippen molar-refractivity contribution in [1.82, 2.24) is 0 Å². The monoisotopic (exact) mass is 256 g/mol. The molecule has 0 aliphatic carbocycles. The van der Waals surface area contributed by atoms with E-state index < -0.39 is 12.1 Å². The van der Waals surface area contributed by atoms with E-state index in [1.807, 2.05) is 6.08 Å². The molecule has 0 aromatic carbocycles. The number of rotatable bonds is 10. The molecule has 2 atom stereocenters. The molecular weight excluding hydrogens is 232 g/mol. The summed E-state index contributed by atoms with van der Waals surface area (Å²) in [7, 11) is 1.45. The lowest BCUT2D eigenvalue weighted by atomic mass is 9.98. The molecule has 4 nitrogen and oxygen atoms in total. The first-order chi connectivity index (χ1) is 8.52. The molecule has 0 bridgehead atoms. The van der Waals surface area contributed by atoms with Gasteiger partial charge in [0.05, 0.1) is 5.92 Å². The quantitative estimate of drug-likeness (QED) is 0.342. The largest absolute Gasteiger partial charge is 0.463 e. The standard InChI is InChI=1S/C14H24O4/c1-5-6-7-8-9-13(11(2)15)10-18-14(16)12(3)17-4/h5,12-13H,1,6-10H2,2-4H3. The summed E-state index contributed by atoms with van der Waals surface area (Å²) in [6.07, 6.45) is 4.92. The van der Waals surface area contributed by atoms with E-state index in [0.29, 0.717) is 0 Å². The highest BCUT2D eigenvalue weighted by molar-refractivity contribution is 5.79. The van der Waals surface area contributed by atoms with Crippen LogP contribution in [0, 0.1) is 5.92 Å². The molecule has 0 rings (SSSR count). The third-order valence-electron chi connectivity index (χ3n) is 2.90. The van der Waals surface area contributed by atoms with Gasteiger partial charge >= 0.3 is 5.97 Å². The Morgan fingerprint density at radius 1 is 1.33 bits per heavy atom. The van der Waals surface area contributed by atoms with E-state index >= 15 is 0 Å². The fourth-order valence-corrected chi connectivity index (χ4v) is 1.48. The van der Waals surface area contributed by atoms with Crippen LogP contribution in [0.3, 0.4) is 0 Å². The van der Waals surface area contributed by atoms with Crippen LogP contribution >= 0.6 is 0 Å². The van der Waals surface area contributed by atoms with E-state index in [1.54, 1.807) is 6.92 Å². The Hall–Kier alpha value is -1.16. The average molecular weight is 256 g/mol. The lowest BCUT2D eigenvalue weighted by molar-refractivity contribution is -0.156. The summed E-state index contributed by atoms with van der Waals surface area (Å²) >= 11 is 0. The van der Waals surface area contributed by atoms with Gasteiger partial charge in [0.1, 0.15) is 12.4 Å². The first-order valence-corrected chi connectivity index (χ1v) is 6.33. The molecule has 2 unspecified atom stereocenters. The smallest absolute Gasteiger partial charge is 0.334 e. The number of ether oxygens (including phenoxy) is 2. The normalized spacial score (nSPS) is 13.7. The minimum Gasteiger partial charge on any atom is -0.463 e. The summed E-state index contributed by atoms with van der Waals surface area (Å²) in [4.78, 5) is 22.8. The Morgan fingerprint density at radius 3 is 2.50 bits per heavy atom. The van der Waals surface area contributed by atoms with E-state index in [9.17, 15) is 9.59 Å². The van der Waals surface area contributed by atoms with Crippen molar-refractivity contribution in [3.63, 3.8) is 0 Å². The molecule has 18 heavy (non-hydrogen) atoms. The predicted molar refractivity (Wildman–Crippen MR) is 70.3 cm³/mol. The zero-order valence-electron chi connectivity index (χ0n) is 11.6. The zero-order chi connectivity index (χ0) is 14.0. The number of ketones is 1. The van der Waals surface area contributed by atoms with Gasteiger partial charge in [-0.2, -0.15) is 0 Å². The summed E-state index contributed by atoms with van der Waals surface area (Å²) < 4.78 is 9.92. The van der Waals surface area contributed by atoms with Crippen molar-refractivity contribution in [3.05, 3.63) is 12.7 Å². The van der Waals surface area contributed by atoms with Gasteiger partial charge in [0.25, 0.3) is 0 Å². The van der Waals surface area contributed by atoms with Gasteiger partial charge in [-0.15, -0.1) is 6.58 Å². The highest BCUT2D eigenvalue weighted by Gasteiger charge is 2.19. The third-order valence-corrected chi connectivity index (χ3v) is 2.90. The second-order valence-corrected chi connectivity index (χ2v) is 4.39. The van der Waals surface area contributed by atoms with Crippen molar-refractivity contribution in [2.45, 2.75) is 45.6 Å². The molecule has 0 spiro atoms. The lowest BCUT2D eigenvalue weighted by Gasteiger charge is -2.15. The number of Topliss-reactive ketones (excluding diaryl/α,β-unsaturated/α-hetero) is 1. The first kappa shape index (κ1) is 16.8. The van der Waals surface area contributed by atoms with Gasteiger partial charge in [-0.1, -0.05) is 12.5 Å². The molecule has 0 saturated heterocycles. The molecule has 0 aromatic rings. The Morgan fingerprint density at radius 2 is 2.00 bits per heavy atom. The molecule has 4 heteroatoms. The SMILES string of the molecule is C=CCCCCC(COC(=O)C(C)OC)C(C)=O. The van der Waals surface area contributed by atoms with Crippen molar-refractivity contribution >= 4 is 11.8 Å². The number of allylic oxidation sites excluding steroid dienone is 1. The first-order valence-electron chi connectivity index (χ1n) is 6.33. The van der Waals surface area contributed by atoms with Crippen molar-refractivity contribution in [3.8, 4) is 0 Å². The molecule has 0 aliphatic heterocycles. The number of hydrogen-bond donors (Lipinski definition) is 0. The van der Waals surface area contributed by atoms with Crippen LogP contribution < -0.4 is 0 Å². The van der Waals surface area contributed by atoms with Gasteiger partial charge in [-0.3, -0.25) is 4.79 Å². The molecular formula is C14H24O4. The maximum Gasteiger partial charge on any atom is 0.334 e. The summed E-state index contributed by atoms with van der Waals surface area (Å²) in [5.41, 5.74) is 0. The minimum absolute atomic E-state index is 0.0615. The van der Waals surface area contributed by atoms with Crippen molar-refractivity contribution in [2.75, 3.05) is 13.7 Å². The number of esters is 1. The molecule has 104 valence electrons. The van der Waals surface area contributed by atoms with Crippen LogP contribution in [-0.4, -0.2) is 31.6 Å². The van der Waals surface area contributed by atoms with Crippen molar-refractivity contribution < 1.29 is 19.1 Å². The maximum atomic E-state index is 11.4. The summed E-state index contributed by atoms with van der Waals surface area (Å²) in [6, 6.07) is 0. The second-order valence-electron chi connectivity index (χ2n) is 4.39. The van der Waals surface area contributed by atoms with Crippen molar-refractivity contribution in [1.29, 1.82) is 0 Å². The van der Waals surface area contributed by atoms with Crippen LogP contribution in [0.1, 0.15) is 39.5 Å². The van der Waals surface area contributed by atoms with Gasteiger partial charge in [-0.05, 0) is 33.1 Å². The predicted octanol–water partition coefficient (Wildman–Crippen LogP) is 2.52. The number of carbonyl (C=O) groups excluding carboxylic acids is 2. The molecule has 0 heterocycles. The van der Waals surface area contributed by atoms with Crippen LogP contribution in [0.5, 0.6) is 0 Å². The van der Waals surface area contributed by atoms with Crippen LogP contribution in [0.2, 0.25) is 0 Å². The van der Waals surface area contributed by atoms with Gasteiger partial charge < -0.3 is 9.47 Å². The third kappa shape index (κ3) is 7.22. The topological polar surface area (TPSA) is 52.6 Å². The fourth-order valence-electron chi connectivity index (χ4n) is 1.48. The molecule has 0 radical (unpaired) electrons. The number of carbonyl (C=O) groups is 2. The number of methoxy groups -OCH3 is 1. The van der Waals surface area contributed by atoms with Crippen LogP contribution in [0.4, 0.5) is 0 Å². The highest BCUT2D eigenvalue weighted by atomic mass is 16.6. The summed E-state index contributed by atoms with van der Waals surface area (Å²) in [5.74, 6) is -0.566. The molecule has 0 saturated carbocycles. The van der Waals surface area contributed by atoms with E-state index in [4.69, 9.17) is 9.47 Å². The van der Waals surface area contributed by atoms with E-state index in [-0.39, 0.29) is 18.3 Å². The van der Waals surface area contributed by atoms with Gasteiger partial charge in [0.15, 0.2) is 6.10 Å². The molecule has 0 aromatic heterocycles. The molecule has 0 aliphatic rings. The Bertz CT molecular complexity index is 273. The summed E-state index contributed by atoms with van der Waals surface area (Å²) in [6.45, 7) is 6.95. The fraction of sp³-hybridized carbons (Fsp3) is 0.714. The Labute approximate surface area is 109 Å². The maximum absolute atomic E-state index is 11.4. The summed E-state index contributed by atoms with van der Waals surface area (Å²) in [5, 5.41) is 0. The van der Waals surface area contributed by atoms with E-state index in [0.717, 1.165) is 25.7 Å². The van der Waals surface area contributed by atoms with E-state index in [1.165, 1.54) is 14.0 Å². The molecule has 0 N–H and O–H groups in total.